The van der Waals surface area contributed by atoms with Crippen molar-refractivity contribution < 1.29 is 23.8 Å². The highest BCUT2D eigenvalue weighted by Crippen LogP contribution is 2.40. The van der Waals surface area contributed by atoms with Gasteiger partial charge < -0.3 is 19.5 Å². The summed E-state index contributed by atoms with van der Waals surface area (Å²) in [7, 11) is 1.33. The number of carbonyl (C=O) groups is 2. The van der Waals surface area contributed by atoms with Gasteiger partial charge in [0, 0.05) is 16.5 Å². The van der Waals surface area contributed by atoms with Gasteiger partial charge in [-0.05, 0) is 61.7 Å². The number of esters is 1. The summed E-state index contributed by atoms with van der Waals surface area (Å²) in [4.78, 5) is 26.2. The molecule has 34 heavy (non-hydrogen) atoms. The van der Waals surface area contributed by atoms with Crippen molar-refractivity contribution in [3.8, 4) is 22.6 Å². The van der Waals surface area contributed by atoms with E-state index >= 15 is 0 Å². The van der Waals surface area contributed by atoms with E-state index in [2.05, 4.69) is 12.2 Å². The third-order valence-corrected chi connectivity index (χ3v) is 5.97. The minimum atomic E-state index is -0.504. The average molecular weight is 480 g/mol. The maximum atomic E-state index is 12.7. The third-order valence-electron chi connectivity index (χ3n) is 4.94. The molecule has 0 saturated carbocycles. The third kappa shape index (κ3) is 6.26. The summed E-state index contributed by atoms with van der Waals surface area (Å²) in [5.74, 6) is 0.704. The van der Waals surface area contributed by atoms with Crippen LogP contribution in [0.1, 0.15) is 41.1 Å². The first-order valence-corrected chi connectivity index (χ1v) is 11.9. The maximum absolute atomic E-state index is 12.7. The van der Waals surface area contributed by atoms with E-state index in [1.54, 1.807) is 6.08 Å². The largest absolute Gasteiger partial charge is 0.494 e. The summed E-state index contributed by atoms with van der Waals surface area (Å²) < 4.78 is 16.1. The van der Waals surface area contributed by atoms with Crippen LogP contribution in [0.15, 0.2) is 54.6 Å². The summed E-state index contributed by atoms with van der Waals surface area (Å²) in [6.45, 7) is 7.13. The van der Waals surface area contributed by atoms with Crippen molar-refractivity contribution in [2.24, 2.45) is 0 Å². The Kier molecular flexibility index (Phi) is 8.87. The predicted molar refractivity (Wildman–Crippen MR) is 137 cm³/mol. The molecule has 3 aromatic rings. The number of hydrogen-bond acceptors (Lipinski definition) is 6. The Labute approximate surface area is 204 Å². The van der Waals surface area contributed by atoms with E-state index in [4.69, 9.17) is 14.2 Å². The van der Waals surface area contributed by atoms with E-state index in [1.165, 1.54) is 24.5 Å². The molecule has 0 aliphatic rings. The molecule has 1 amide bonds. The number of methoxy groups -OCH3 is 1. The molecule has 178 valence electrons. The van der Waals surface area contributed by atoms with E-state index in [0.29, 0.717) is 23.8 Å². The Morgan fingerprint density at radius 3 is 2.24 bits per heavy atom. The fraction of sp³-hybridized carbons (Fsp3) is 0.259. The number of aryl methyl sites for hydroxylation is 1. The van der Waals surface area contributed by atoms with E-state index in [-0.39, 0.29) is 5.91 Å². The van der Waals surface area contributed by atoms with Crippen molar-refractivity contribution in [1.29, 1.82) is 0 Å². The molecule has 0 unspecified atom stereocenters. The first-order valence-electron chi connectivity index (χ1n) is 11.1. The van der Waals surface area contributed by atoms with Gasteiger partial charge in [0.1, 0.15) is 22.1 Å². The lowest BCUT2D eigenvalue weighted by Crippen LogP contribution is -2.11. The molecule has 0 fully saturated rings. The highest BCUT2D eigenvalue weighted by Gasteiger charge is 2.24. The van der Waals surface area contributed by atoms with Crippen molar-refractivity contribution in [1.82, 2.24) is 0 Å². The smallest absolute Gasteiger partial charge is 0.341 e. The summed E-state index contributed by atoms with van der Waals surface area (Å²) in [6.07, 6.45) is 4.09. The molecule has 3 rings (SSSR count). The van der Waals surface area contributed by atoms with E-state index in [0.717, 1.165) is 39.5 Å². The zero-order valence-corrected chi connectivity index (χ0v) is 20.7. The van der Waals surface area contributed by atoms with Crippen molar-refractivity contribution in [3.63, 3.8) is 0 Å². The van der Waals surface area contributed by atoms with Crippen LogP contribution in [0.3, 0.4) is 0 Å². The number of ether oxygens (including phenoxy) is 3. The lowest BCUT2D eigenvalue weighted by Gasteiger charge is -2.08. The second kappa shape index (κ2) is 12.0. The lowest BCUT2D eigenvalue weighted by molar-refractivity contribution is -0.111. The van der Waals surface area contributed by atoms with Gasteiger partial charge in [-0.1, -0.05) is 31.2 Å². The van der Waals surface area contributed by atoms with Crippen molar-refractivity contribution in [2.75, 3.05) is 25.6 Å². The van der Waals surface area contributed by atoms with E-state index in [9.17, 15) is 9.59 Å². The first-order chi connectivity index (χ1) is 16.5. The highest BCUT2D eigenvalue weighted by molar-refractivity contribution is 7.17. The van der Waals surface area contributed by atoms with Gasteiger partial charge in [0.05, 0.1) is 20.3 Å². The number of anilines is 1. The summed E-state index contributed by atoms with van der Waals surface area (Å²) >= 11 is 1.34. The molecule has 1 heterocycles. The molecule has 0 spiro atoms. The number of benzene rings is 2. The molecule has 2 aromatic carbocycles. The normalized spacial score (nSPS) is 10.8. The SMILES string of the molecule is CCCOc1ccc(C=CC(=O)Nc2sc(C)c(-c3ccc(OCC)cc3)c2C(=O)OC)cc1. The number of rotatable bonds is 10. The summed E-state index contributed by atoms with van der Waals surface area (Å²) in [5, 5.41) is 3.29. The van der Waals surface area contributed by atoms with Crippen LogP contribution in [0.5, 0.6) is 11.5 Å². The number of carbonyl (C=O) groups excluding carboxylic acids is 2. The van der Waals surface area contributed by atoms with Crippen LogP contribution in [-0.4, -0.2) is 32.2 Å². The van der Waals surface area contributed by atoms with Gasteiger partial charge >= 0.3 is 5.97 Å². The van der Waals surface area contributed by atoms with Crippen molar-refractivity contribution in [3.05, 3.63) is 70.6 Å². The van der Waals surface area contributed by atoms with Crippen LogP contribution in [-0.2, 0) is 9.53 Å². The fourth-order valence-electron chi connectivity index (χ4n) is 3.38. The maximum Gasteiger partial charge on any atom is 0.341 e. The van der Waals surface area contributed by atoms with Crippen LogP contribution in [0.25, 0.3) is 17.2 Å². The van der Waals surface area contributed by atoms with Gasteiger partial charge in [-0.3, -0.25) is 4.79 Å². The molecular formula is C27H29NO5S. The number of hydrogen-bond donors (Lipinski definition) is 1. The fourth-order valence-corrected chi connectivity index (χ4v) is 4.45. The van der Waals surface area contributed by atoms with Crippen LogP contribution in [0.2, 0.25) is 0 Å². The van der Waals surface area contributed by atoms with Crippen molar-refractivity contribution >= 4 is 34.3 Å². The van der Waals surface area contributed by atoms with E-state index in [1.807, 2.05) is 62.4 Å². The molecule has 0 bridgehead atoms. The zero-order valence-electron chi connectivity index (χ0n) is 19.8. The molecule has 0 radical (unpaired) electrons. The highest BCUT2D eigenvalue weighted by atomic mass is 32.1. The van der Waals surface area contributed by atoms with Crippen LogP contribution >= 0.6 is 11.3 Å². The predicted octanol–water partition coefficient (Wildman–Crippen LogP) is 6.35. The summed E-state index contributed by atoms with van der Waals surface area (Å²) in [5.41, 5.74) is 2.79. The van der Waals surface area contributed by atoms with Crippen LogP contribution in [0.4, 0.5) is 5.00 Å². The summed E-state index contributed by atoms with van der Waals surface area (Å²) in [6, 6.07) is 15.0. The van der Waals surface area contributed by atoms with Gasteiger partial charge in [0.2, 0.25) is 5.91 Å². The standard InChI is InChI=1S/C27H29NO5S/c1-5-17-33-22-12-7-19(8-13-22)9-16-23(29)28-26-25(27(30)31-4)24(18(3)34-26)20-10-14-21(15-11-20)32-6-2/h7-16H,5-6,17H2,1-4H3,(H,28,29). The molecule has 6 nitrogen and oxygen atoms in total. The average Bonchev–Trinajstić information content (AvgIpc) is 3.17. The van der Waals surface area contributed by atoms with Crippen LogP contribution < -0.4 is 14.8 Å². The number of nitrogens with one attached hydrogen (secondary N) is 1. The second-order valence-corrected chi connectivity index (χ2v) is 8.65. The Morgan fingerprint density at radius 1 is 0.971 bits per heavy atom. The molecule has 0 aliphatic carbocycles. The Hall–Kier alpha value is -3.58. The number of amides is 1. The van der Waals surface area contributed by atoms with Crippen LogP contribution in [0, 0.1) is 6.92 Å². The molecule has 1 N–H and O–H groups in total. The Balaban J connectivity index is 1.81. The second-order valence-electron chi connectivity index (χ2n) is 7.43. The van der Waals surface area contributed by atoms with Gasteiger partial charge in [0.15, 0.2) is 0 Å². The zero-order chi connectivity index (χ0) is 24.5. The van der Waals surface area contributed by atoms with Crippen molar-refractivity contribution in [2.45, 2.75) is 27.2 Å². The van der Waals surface area contributed by atoms with E-state index < -0.39 is 5.97 Å². The van der Waals surface area contributed by atoms with Gasteiger partial charge in [-0.15, -0.1) is 11.3 Å². The molecule has 1 aromatic heterocycles. The topological polar surface area (TPSA) is 73.9 Å². The van der Waals surface area contributed by atoms with Gasteiger partial charge in [0.25, 0.3) is 0 Å². The first kappa shape index (κ1) is 25.1. The lowest BCUT2D eigenvalue weighted by atomic mass is 10.0. The Bertz CT molecular complexity index is 1150. The van der Waals surface area contributed by atoms with Gasteiger partial charge in [-0.25, -0.2) is 4.79 Å². The molecule has 7 heteroatoms. The monoisotopic (exact) mass is 479 g/mol. The van der Waals surface area contributed by atoms with Gasteiger partial charge in [-0.2, -0.15) is 0 Å². The molecule has 0 atom stereocenters. The molecule has 0 saturated heterocycles. The Morgan fingerprint density at radius 2 is 1.62 bits per heavy atom. The molecular weight excluding hydrogens is 450 g/mol. The molecule has 0 aliphatic heterocycles. The number of thiophene rings is 1. The quantitative estimate of drug-likeness (QED) is 0.271. The minimum absolute atomic E-state index is 0.337. The minimum Gasteiger partial charge on any atom is -0.494 e.